The van der Waals surface area contributed by atoms with E-state index in [1.54, 1.807) is 0 Å². The molecule has 0 atom stereocenters. The zero-order valence-corrected chi connectivity index (χ0v) is 17.8. The van der Waals surface area contributed by atoms with E-state index in [9.17, 15) is 4.79 Å². The summed E-state index contributed by atoms with van der Waals surface area (Å²) in [5.41, 5.74) is 4.45. The fraction of sp³-hybridized carbons (Fsp3) is 0.167. The molecule has 1 amide bonds. The molecule has 2 heterocycles. The van der Waals surface area contributed by atoms with Crippen molar-refractivity contribution in [1.82, 2.24) is 9.78 Å². The lowest BCUT2D eigenvalue weighted by atomic mass is 10.1. The number of thiophene rings is 1. The Balaban J connectivity index is 1.34. The van der Waals surface area contributed by atoms with Crippen LogP contribution < -0.4 is 10.1 Å². The van der Waals surface area contributed by atoms with E-state index >= 15 is 0 Å². The molecule has 5 nitrogen and oxygen atoms in total. The van der Waals surface area contributed by atoms with E-state index in [-0.39, 0.29) is 5.91 Å². The summed E-state index contributed by atoms with van der Waals surface area (Å²) in [7, 11) is 0. The van der Waals surface area contributed by atoms with Crippen LogP contribution in [0.5, 0.6) is 5.75 Å². The van der Waals surface area contributed by atoms with Crippen molar-refractivity contribution in [2.75, 3.05) is 5.32 Å². The van der Waals surface area contributed by atoms with Crippen LogP contribution in [0.25, 0.3) is 0 Å². The molecule has 0 fully saturated rings. The Hall–Kier alpha value is -3.38. The van der Waals surface area contributed by atoms with Crippen LogP contribution in [0.3, 0.4) is 0 Å². The number of aromatic nitrogens is 2. The topological polar surface area (TPSA) is 56.2 Å². The van der Waals surface area contributed by atoms with Crippen LogP contribution in [0.4, 0.5) is 5.82 Å². The lowest BCUT2D eigenvalue weighted by Gasteiger charge is -2.07. The van der Waals surface area contributed by atoms with Crippen LogP contribution in [0.1, 0.15) is 31.9 Å². The first-order chi connectivity index (χ1) is 14.6. The fourth-order valence-electron chi connectivity index (χ4n) is 3.02. The smallest absolute Gasteiger partial charge is 0.266 e. The molecule has 152 valence electrons. The predicted octanol–water partition coefficient (Wildman–Crippen LogP) is 5.44. The molecular weight excluding hydrogens is 394 g/mol. The lowest BCUT2D eigenvalue weighted by molar-refractivity contribution is 0.103. The van der Waals surface area contributed by atoms with Gasteiger partial charge in [0.05, 0.1) is 11.4 Å². The van der Waals surface area contributed by atoms with Gasteiger partial charge in [-0.15, -0.1) is 11.3 Å². The number of aryl methyl sites for hydroxylation is 2. The molecular formula is C24H23N3O2S. The number of nitrogens with one attached hydrogen (secondary N) is 1. The van der Waals surface area contributed by atoms with Crippen LogP contribution >= 0.6 is 11.3 Å². The number of nitrogens with zero attached hydrogens (tertiary/aromatic N) is 2. The summed E-state index contributed by atoms with van der Waals surface area (Å²) in [6, 6.07) is 19.9. The number of para-hydroxylation sites is 1. The third kappa shape index (κ3) is 4.96. The van der Waals surface area contributed by atoms with Gasteiger partial charge in [-0.25, -0.2) is 0 Å². The third-order valence-corrected chi connectivity index (χ3v) is 5.69. The van der Waals surface area contributed by atoms with Gasteiger partial charge < -0.3 is 10.1 Å². The average molecular weight is 418 g/mol. The van der Waals surface area contributed by atoms with E-state index in [1.165, 1.54) is 16.9 Å². The van der Waals surface area contributed by atoms with Gasteiger partial charge in [-0.2, -0.15) is 5.10 Å². The summed E-state index contributed by atoms with van der Waals surface area (Å²) in [6.07, 6.45) is 1.87. The van der Waals surface area contributed by atoms with Gasteiger partial charge in [-0.05, 0) is 42.5 Å². The van der Waals surface area contributed by atoms with Crippen LogP contribution in [-0.4, -0.2) is 15.7 Å². The van der Waals surface area contributed by atoms with Crippen LogP contribution in [0.2, 0.25) is 0 Å². The van der Waals surface area contributed by atoms with Gasteiger partial charge in [0, 0.05) is 17.8 Å². The minimum absolute atomic E-state index is 0.164. The Morgan fingerprint density at radius 1 is 1.07 bits per heavy atom. The molecule has 30 heavy (non-hydrogen) atoms. The lowest BCUT2D eigenvalue weighted by Crippen LogP contribution is -2.11. The minimum atomic E-state index is -0.164. The van der Waals surface area contributed by atoms with Crippen LogP contribution in [0.15, 0.2) is 72.2 Å². The standard InChI is InChI=1S/C24H23N3O2S/c1-17-7-9-19(10-8-17)14-27-12-11-23(26-27)25-24(28)22-13-20(16-30-22)15-29-21-6-4-3-5-18(21)2/h3-13,16H,14-15H2,1-2H3,(H,25,26,28). The van der Waals surface area contributed by atoms with Gasteiger partial charge in [0.2, 0.25) is 0 Å². The summed E-state index contributed by atoms with van der Waals surface area (Å²) < 4.78 is 7.68. The Bertz CT molecular complexity index is 1150. The van der Waals surface area contributed by atoms with E-state index in [4.69, 9.17) is 4.74 Å². The number of carbonyl (C=O) groups is 1. The van der Waals surface area contributed by atoms with Crippen molar-refractivity contribution in [1.29, 1.82) is 0 Å². The molecule has 0 spiro atoms. The summed E-state index contributed by atoms with van der Waals surface area (Å²) in [6.45, 7) is 5.17. The normalized spacial score (nSPS) is 10.7. The highest BCUT2D eigenvalue weighted by Crippen LogP contribution is 2.21. The zero-order valence-electron chi connectivity index (χ0n) is 17.0. The first kappa shape index (κ1) is 19.9. The molecule has 0 aliphatic rings. The van der Waals surface area contributed by atoms with E-state index < -0.39 is 0 Å². The Labute approximate surface area is 179 Å². The summed E-state index contributed by atoms with van der Waals surface area (Å²) in [5, 5.41) is 9.27. The molecule has 0 radical (unpaired) electrons. The molecule has 0 saturated carbocycles. The molecule has 1 N–H and O–H groups in total. The number of amides is 1. The van der Waals surface area contributed by atoms with Crippen molar-refractivity contribution in [3.8, 4) is 5.75 Å². The largest absolute Gasteiger partial charge is 0.489 e. The molecule has 0 bridgehead atoms. The molecule has 0 aliphatic heterocycles. The summed E-state index contributed by atoms with van der Waals surface area (Å²) in [4.78, 5) is 13.2. The van der Waals surface area contributed by atoms with Crippen molar-refractivity contribution >= 4 is 23.1 Å². The highest BCUT2D eigenvalue weighted by molar-refractivity contribution is 7.12. The number of hydrogen-bond acceptors (Lipinski definition) is 4. The summed E-state index contributed by atoms with van der Waals surface area (Å²) in [5.74, 6) is 1.23. The Kier molecular flexibility index (Phi) is 5.95. The molecule has 0 unspecified atom stereocenters. The summed E-state index contributed by atoms with van der Waals surface area (Å²) >= 11 is 1.40. The molecule has 6 heteroatoms. The number of ether oxygens (including phenoxy) is 1. The zero-order chi connectivity index (χ0) is 20.9. The Morgan fingerprint density at radius 2 is 1.87 bits per heavy atom. The van der Waals surface area contributed by atoms with Crippen molar-refractivity contribution in [2.45, 2.75) is 27.0 Å². The number of anilines is 1. The van der Waals surface area contributed by atoms with Gasteiger partial charge in [0.15, 0.2) is 5.82 Å². The molecule has 0 saturated heterocycles. The molecule has 2 aromatic heterocycles. The number of carbonyl (C=O) groups excluding carboxylic acids is 1. The highest BCUT2D eigenvalue weighted by atomic mass is 32.1. The monoisotopic (exact) mass is 417 g/mol. The second kappa shape index (κ2) is 8.97. The van der Waals surface area contributed by atoms with Crippen LogP contribution in [-0.2, 0) is 13.2 Å². The van der Waals surface area contributed by atoms with Crippen molar-refractivity contribution in [3.63, 3.8) is 0 Å². The van der Waals surface area contributed by atoms with E-state index in [1.807, 2.05) is 59.6 Å². The second-order valence-corrected chi connectivity index (χ2v) is 8.12. The van der Waals surface area contributed by atoms with Gasteiger partial charge in [-0.1, -0.05) is 48.0 Å². The SMILES string of the molecule is Cc1ccc(Cn2ccc(NC(=O)c3cc(COc4ccccc4C)cs3)n2)cc1. The van der Waals surface area contributed by atoms with Gasteiger partial charge in [-0.3, -0.25) is 9.48 Å². The quantitative estimate of drug-likeness (QED) is 0.436. The number of benzene rings is 2. The van der Waals surface area contributed by atoms with Gasteiger partial charge in [0.25, 0.3) is 5.91 Å². The third-order valence-electron chi connectivity index (χ3n) is 4.71. The number of hydrogen-bond donors (Lipinski definition) is 1. The van der Waals surface area contributed by atoms with Gasteiger partial charge in [0.1, 0.15) is 12.4 Å². The first-order valence-corrected chi connectivity index (χ1v) is 10.6. The first-order valence-electron chi connectivity index (χ1n) is 9.73. The molecule has 2 aromatic carbocycles. The fourth-order valence-corrected chi connectivity index (χ4v) is 3.82. The molecule has 0 aliphatic carbocycles. The Morgan fingerprint density at radius 3 is 2.67 bits per heavy atom. The van der Waals surface area contributed by atoms with E-state index in [2.05, 4.69) is 41.6 Å². The van der Waals surface area contributed by atoms with Crippen LogP contribution in [0, 0.1) is 13.8 Å². The predicted molar refractivity (Wildman–Crippen MR) is 120 cm³/mol. The van der Waals surface area contributed by atoms with Crippen molar-refractivity contribution in [2.24, 2.45) is 0 Å². The maximum absolute atomic E-state index is 12.6. The molecule has 4 aromatic rings. The second-order valence-electron chi connectivity index (χ2n) is 7.21. The maximum atomic E-state index is 12.6. The van der Waals surface area contributed by atoms with E-state index in [0.29, 0.717) is 23.8 Å². The van der Waals surface area contributed by atoms with Gasteiger partial charge >= 0.3 is 0 Å². The average Bonchev–Trinajstić information content (AvgIpc) is 3.39. The van der Waals surface area contributed by atoms with E-state index in [0.717, 1.165) is 22.4 Å². The number of rotatable bonds is 7. The highest BCUT2D eigenvalue weighted by Gasteiger charge is 2.12. The minimum Gasteiger partial charge on any atom is -0.489 e. The van der Waals surface area contributed by atoms with Crippen molar-refractivity contribution < 1.29 is 9.53 Å². The van der Waals surface area contributed by atoms with Crippen molar-refractivity contribution in [3.05, 3.63) is 99.4 Å². The maximum Gasteiger partial charge on any atom is 0.266 e. The molecule has 4 rings (SSSR count).